The Morgan fingerprint density at radius 1 is 1.25 bits per heavy atom. The number of aromatic hydroxyl groups is 1. The summed E-state index contributed by atoms with van der Waals surface area (Å²) >= 11 is 0. The number of likely N-dealkylation sites (N-methyl/N-ethyl adjacent to an activating group) is 2. The van der Waals surface area contributed by atoms with Crippen LogP contribution in [0.25, 0.3) is 6.08 Å². The molecule has 0 radical (unpaired) electrons. The summed E-state index contributed by atoms with van der Waals surface area (Å²) in [7, 11) is 3.54. The number of benzene rings is 1. The standard InChI is InChI=1S/C12H14N2O2/c1-13-8-10(14(2)12(13)16)7-9-3-5-11(15)6-4-9/h3-7,15H,8H2,1-2H3/b10-7-. The predicted octanol–water partition coefficient (Wildman–Crippen LogP) is 1.73. The molecule has 1 fully saturated rings. The second-order valence-corrected chi connectivity index (χ2v) is 3.92. The molecule has 1 aromatic carbocycles. The SMILES string of the molecule is CN1C/C(=C/c2ccc(O)cc2)N(C)C1=O. The first kappa shape index (κ1) is 10.5. The highest BCUT2D eigenvalue weighted by Gasteiger charge is 2.26. The molecule has 0 aliphatic carbocycles. The van der Waals surface area contributed by atoms with Gasteiger partial charge in [0.05, 0.1) is 6.54 Å². The molecule has 0 aromatic heterocycles. The number of rotatable bonds is 1. The summed E-state index contributed by atoms with van der Waals surface area (Å²) < 4.78 is 0. The molecular formula is C12H14N2O2. The van der Waals surface area contributed by atoms with Crippen molar-refractivity contribution in [1.82, 2.24) is 9.80 Å². The van der Waals surface area contributed by atoms with Gasteiger partial charge < -0.3 is 10.0 Å². The van der Waals surface area contributed by atoms with Crippen LogP contribution in [-0.4, -0.2) is 41.6 Å². The zero-order valence-corrected chi connectivity index (χ0v) is 9.34. The summed E-state index contributed by atoms with van der Waals surface area (Å²) in [5.41, 5.74) is 1.93. The molecule has 0 saturated carbocycles. The highest BCUT2D eigenvalue weighted by atomic mass is 16.3. The molecule has 1 aliphatic rings. The van der Waals surface area contributed by atoms with Crippen molar-refractivity contribution < 1.29 is 9.90 Å². The van der Waals surface area contributed by atoms with E-state index < -0.39 is 0 Å². The van der Waals surface area contributed by atoms with Gasteiger partial charge in [0, 0.05) is 19.8 Å². The van der Waals surface area contributed by atoms with Gasteiger partial charge in [-0.25, -0.2) is 4.79 Å². The second-order valence-electron chi connectivity index (χ2n) is 3.92. The van der Waals surface area contributed by atoms with Gasteiger partial charge in [-0.1, -0.05) is 12.1 Å². The number of phenolic OH excluding ortho intramolecular Hbond substituents is 1. The van der Waals surface area contributed by atoms with E-state index in [2.05, 4.69) is 0 Å². The fourth-order valence-corrected chi connectivity index (χ4v) is 1.70. The Labute approximate surface area is 94.4 Å². The molecule has 0 spiro atoms. The van der Waals surface area contributed by atoms with E-state index in [1.165, 1.54) is 0 Å². The maximum absolute atomic E-state index is 11.5. The van der Waals surface area contributed by atoms with Gasteiger partial charge in [-0.05, 0) is 23.8 Å². The lowest BCUT2D eigenvalue weighted by Gasteiger charge is -2.09. The molecule has 2 amide bonds. The first-order valence-electron chi connectivity index (χ1n) is 5.06. The number of carbonyl (C=O) groups is 1. The Morgan fingerprint density at radius 3 is 2.38 bits per heavy atom. The Kier molecular flexibility index (Phi) is 2.56. The van der Waals surface area contributed by atoms with E-state index in [0.717, 1.165) is 11.3 Å². The van der Waals surface area contributed by atoms with Crippen molar-refractivity contribution in [3.63, 3.8) is 0 Å². The van der Waals surface area contributed by atoms with Crippen molar-refractivity contribution in [2.75, 3.05) is 20.6 Å². The van der Waals surface area contributed by atoms with E-state index in [-0.39, 0.29) is 11.8 Å². The molecule has 1 aromatic rings. The van der Waals surface area contributed by atoms with E-state index in [1.807, 2.05) is 18.2 Å². The predicted molar refractivity (Wildman–Crippen MR) is 61.9 cm³/mol. The molecule has 1 saturated heterocycles. The van der Waals surface area contributed by atoms with Gasteiger partial charge in [0.1, 0.15) is 5.75 Å². The fourth-order valence-electron chi connectivity index (χ4n) is 1.70. The summed E-state index contributed by atoms with van der Waals surface area (Å²) in [6, 6.07) is 6.91. The van der Waals surface area contributed by atoms with Gasteiger partial charge in [0.25, 0.3) is 0 Å². The first-order valence-corrected chi connectivity index (χ1v) is 5.06. The average molecular weight is 218 g/mol. The highest BCUT2D eigenvalue weighted by Crippen LogP contribution is 2.19. The van der Waals surface area contributed by atoms with E-state index in [0.29, 0.717) is 6.54 Å². The largest absolute Gasteiger partial charge is 0.508 e. The van der Waals surface area contributed by atoms with Gasteiger partial charge >= 0.3 is 6.03 Å². The van der Waals surface area contributed by atoms with Crippen LogP contribution in [0.5, 0.6) is 5.75 Å². The molecule has 4 heteroatoms. The van der Waals surface area contributed by atoms with Crippen molar-refractivity contribution in [2.24, 2.45) is 0 Å². The van der Waals surface area contributed by atoms with Crippen molar-refractivity contribution in [3.05, 3.63) is 35.5 Å². The number of carbonyl (C=O) groups excluding carboxylic acids is 1. The third-order valence-electron chi connectivity index (χ3n) is 2.67. The topological polar surface area (TPSA) is 43.8 Å². The fraction of sp³-hybridized carbons (Fsp3) is 0.250. The number of phenols is 1. The zero-order chi connectivity index (χ0) is 11.7. The quantitative estimate of drug-likeness (QED) is 0.780. The molecule has 0 atom stereocenters. The lowest BCUT2D eigenvalue weighted by molar-refractivity contribution is 0.207. The van der Waals surface area contributed by atoms with Crippen molar-refractivity contribution in [1.29, 1.82) is 0 Å². The Balaban J connectivity index is 2.25. The lowest BCUT2D eigenvalue weighted by Crippen LogP contribution is -2.25. The van der Waals surface area contributed by atoms with E-state index in [4.69, 9.17) is 5.11 Å². The molecular weight excluding hydrogens is 204 g/mol. The third-order valence-corrected chi connectivity index (χ3v) is 2.67. The summed E-state index contributed by atoms with van der Waals surface area (Å²) in [5, 5.41) is 9.16. The number of amides is 2. The Bertz CT molecular complexity index is 437. The van der Waals surface area contributed by atoms with Crippen LogP contribution in [0.15, 0.2) is 30.0 Å². The Morgan fingerprint density at radius 2 is 1.88 bits per heavy atom. The maximum Gasteiger partial charge on any atom is 0.324 e. The number of hydrogen-bond acceptors (Lipinski definition) is 2. The third kappa shape index (κ3) is 1.86. The normalized spacial score (nSPS) is 18.6. The lowest BCUT2D eigenvalue weighted by atomic mass is 10.2. The summed E-state index contributed by atoms with van der Waals surface area (Å²) in [4.78, 5) is 14.8. The van der Waals surface area contributed by atoms with Crippen LogP contribution in [-0.2, 0) is 0 Å². The Hall–Kier alpha value is -1.97. The van der Waals surface area contributed by atoms with E-state index in [9.17, 15) is 4.79 Å². The molecule has 0 unspecified atom stereocenters. The molecule has 0 bridgehead atoms. The minimum atomic E-state index is 0.00466. The molecule has 84 valence electrons. The summed E-state index contributed by atoms with van der Waals surface area (Å²) in [5.74, 6) is 0.245. The molecule has 2 rings (SSSR count). The molecule has 1 N–H and O–H groups in total. The van der Waals surface area contributed by atoms with Gasteiger partial charge in [0.15, 0.2) is 0 Å². The summed E-state index contributed by atoms with van der Waals surface area (Å²) in [6.45, 7) is 0.621. The maximum atomic E-state index is 11.5. The smallest absolute Gasteiger partial charge is 0.324 e. The van der Waals surface area contributed by atoms with Crippen molar-refractivity contribution in [2.45, 2.75) is 0 Å². The average Bonchev–Trinajstić information content (AvgIpc) is 2.50. The molecule has 1 aliphatic heterocycles. The number of nitrogens with zero attached hydrogens (tertiary/aromatic N) is 2. The van der Waals surface area contributed by atoms with Crippen LogP contribution in [0.1, 0.15) is 5.56 Å². The van der Waals surface area contributed by atoms with Gasteiger partial charge in [0.2, 0.25) is 0 Å². The second kappa shape index (κ2) is 3.89. The minimum Gasteiger partial charge on any atom is -0.508 e. The van der Waals surface area contributed by atoms with Crippen molar-refractivity contribution in [3.8, 4) is 5.75 Å². The first-order chi connectivity index (χ1) is 7.58. The molecule has 1 heterocycles. The van der Waals surface area contributed by atoms with Gasteiger partial charge in [-0.15, -0.1) is 0 Å². The highest BCUT2D eigenvalue weighted by molar-refractivity contribution is 5.81. The monoisotopic (exact) mass is 218 g/mol. The van der Waals surface area contributed by atoms with Crippen LogP contribution < -0.4 is 0 Å². The summed E-state index contributed by atoms with van der Waals surface area (Å²) in [6.07, 6.45) is 1.95. The molecule has 4 nitrogen and oxygen atoms in total. The van der Waals surface area contributed by atoms with Gasteiger partial charge in [-0.3, -0.25) is 4.90 Å². The number of urea groups is 1. The van der Waals surface area contributed by atoms with E-state index >= 15 is 0 Å². The number of hydrogen-bond donors (Lipinski definition) is 1. The van der Waals surface area contributed by atoms with E-state index in [1.54, 1.807) is 36.0 Å². The van der Waals surface area contributed by atoms with Gasteiger partial charge in [-0.2, -0.15) is 0 Å². The van der Waals surface area contributed by atoms with Crippen molar-refractivity contribution >= 4 is 12.1 Å². The van der Waals surface area contributed by atoms with Crippen LogP contribution >= 0.6 is 0 Å². The van der Waals surface area contributed by atoms with Crippen LogP contribution in [0.2, 0.25) is 0 Å². The molecule has 16 heavy (non-hydrogen) atoms. The van der Waals surface area contributed by atoms with Crippen LogP contribution in [0.3, 0.4) is 0 Å². The van der Waals surface area contributed by atoms with Crippen LogP contribution in [0, 0.1) is 0 Å². The minimum absolute atomic E-state index is 0.00466. The zero-order valence-electron chi connectivity index (χ0n) is 9.34. The van der Waals surface area contributed by atoms with Crippen LogP contribution in [0.4, 0.5) is 4.79 Å².